The van der Waals surface area contributed by atoms with E-state index in [0.717, 1.165) is 25.1 Å². The molecular formula is C13H18ClNO2. The third kappa shape index (κ3) is 5.20. The molecule has 0 aliphatic heterocycles. The monoisotopic (exact) mass is 255 g/mol. The number of methoxy groups -OCH3 is 1. The highest BCUT2D eigenvalue weighted by atomic mass is 35.5. The summed E-state index contributed by atoms with van der Waals surface area (Å²) < 4.78 is 5.08. The molecule has 1 aromatic carbocycles. The molecule has 0 unspecified atom stereocenters. The van der Waals surface area contributed by atoms with Crippen LogP contribution in [0.15, 0.2) is 18.2 Å². The number of hydrogen-bond donors (Lipinski definition) is 1. The third-order valence-electron chi connectivity index (χ3n) is 2.43. The van der Waals surface area contributed by atoms with Crippen molar-refractivity contribution in [1.29, 1.82) is 0 Å². The zero-order valence-electron chi connectivity index (χ0n) is 10.3. The smallest absolute Gasteiger partial charge is 0.137 e. The van der Waals surface area contributed by atoms with Crippen LogP contribution in [0.1, 0.15) is 25.3 Å². The maximum atomic E-state index is 10.7. The quantitative estimate of drug-likeness (QED) is 0.762. The van der Waals surface area contributed by atoms with Gasteiger partial charge in [-0.05, 0) is 37.6 Å². The van der Waals surface area contributed by atoms with Gasteiger partial charge in [-0.3, -0.25) is 0 Å². The summed E-state index contributed by atoms with van der Waals surface area (Å²) in [6.45, 7) is 3.20. The van der Waals surface area contributed by atoms with Crippen molar-refractivity contribution >= 4 is 17.4 Å². The molecule has 0 fully saturated rings. The van der Waals surface area contributed by atoms with Crippen LogP contribution >= 0.6 is 11.6 Å². The summed E-state index contributed by atoms with van der Waals surface area (Å²) in [6, 6.07) is 5.72. The average Bonchev–Trinajstić information content (AvgIpc) is 2.28. The predicted molar refractivity (Wildman–Crippen MR) is 69.6 cm³/mol. The van der Waals surface area contributed by atoms with Crippen LogP contribution in [-0.2, 0) is 11.3 Å². The van der Waals surface area contributed by atoms with Crippen LogP contribution < -0.4 is 10.1 Å². The lowest BCUT2D eigenvalue weighted by Gasteiger charge is -2.07. The molecule has 3 nitrogen and oxygen atoms in total. The highest BCUT2D eigenvalue weighted by molar-refractivity contribution is 6.32. The maximum absolute atomic E-state index is 10.7. The van der Waals surface area contributed by atoms with E-state index < -0.39 is 0 Å². The van der Waals surface area contributed by atoms with Crippen LogP contribution in [0.2, 0.25) is 5.02 Å². The van der Waals surface area contributed by atoms with E-state index in [4.69, 9.17) is 16.3 Å². The molecule has 0 bridgehead atoms. The molecule has 0 heterocycles. The zero-order valence-corrected chi connectivity index (χ0v) is 11.0. The van der Waals surface area contributed by atoms with Crippen LogP contribution in [0, 0.1) is 0 Å². The minimum atomic E-state index is 0.235. The van der Waals surface area contributed by atoms with Crippen LogP contribution in [0.3, 0.4) is 0 Å². The summed E-state index contributed by atoms with van der Waals surface area (Å²) in [6.07, 6.45) is 1.51. The number of rotatable bonds is 7. The van der Waals surface area contributed by atoms with Gasteiger partial charge in [0.2, 0.25) is 0 Å². The standard InChI is InChI=1S/C13H18ClNO2/c1-10(16)4-3-7-15-9-11-5-6-13(17-2)12(14)8-11/h5-6,8,15H,3-4,7,9H2,1-2H3. The van der Waals surface area contributed by atoms with Gasteiger partial charge in [-0.1, -0.05) is 17.7 Å². The fourth-order valence-corrected chi connectivity index (χ4v) is 1.80. The molecule has 0 radical (unpaired) electrons. The Morgan fingerprint density at radius 2 is 2.24 bits per heavy atom. The van der Waals surface area contributed by atoms with E-state index in [1.807, 2.05) is 18.2 Å². The Morgan fingerprint density at radius 1 is 1.47 bits per heavy atom. The zero-order chi connectivity index (χ0) is 12.7. The second-order valence-corrected chi connectivity index (χ2v) is 4.36. The lowest BCUT2D eigenvalue weighted by Crippen LogP contribution is -2.15. The van der Waals surface area contributed by atoms with Crippen molar-refractivity contribution in [3.05, 3.63) is 28.8 Å². The lowest BCUT2D eigenvalue weighted by atomic mass is 10.2. The van der Waals surface area contributed by atoms with E-state index in [2.05, 4.69) is 5.32 Å². The van der Waals surface area contributed by atoms with Gasteiger partial charge < -0.3 is 14.8 Å². The number of Topliss-reactive ketones (excluding diaryl/α,β-unsaturated/α-hetero) is 1. The van der Waals surface area contributed by atoms with Crippen molar-refractivity contribution < 1.29 is 9.53 Å². The van der Waals surface area contributed by atoms with E-state index in [0.29, 0.717) is 17.2 Å². The Hall–Kier alpha value is -1.06. The maximum Gasteiger partial charge on any atom is 0.137 e. The largest absolute Gasteiger partial charge is 0.495 e. The lowest BCUT2D eigenvalue weighted by molar-refractivity contribution is -0.117. The van der Waals surface area contributed by atoms with Gasteiger partial charge in [0.05, 0.1) is 12.1 Å². The van der Waals surface area contributed by atoms with Crippen molar-refractivity contribution in [3.63, 3.8) is 0 Å². The summed E-state index contributed by atoms with van der Waals surface area (Å²) in [5.74, 6) is 0.922. The molecule has 0 aromatic heterocycles. The van der Waals surface area contributed by atoms with Crippen molar-refractivity contribution in [2.75, 3.05) is 13.7 Å². The molecule has 1 aromatic rings. The molecule has 94 valence electrons. The minimum Gasteiger partial charge on any atom is -0.495 e. The molecular weight excluding hydrogens is 238 g/mol. The van der Waals surface area contributed by atoms with Crippen molar-refractivity contribution in [2.24, 2.45) is 0 Å². The molecule has 0 atom stereocenters. The summed E-state index contributed by atoms with van der Waals surface area (Å²) in [5, 5.41) is 3.89. The Balaban J connectivity index is 2.32. The Morgan fingerprint density at radius 3 is 2.82 bits per heavy atom. The second-order valence-electron chi connectivity index (χ2n) is 3.95. The molecule has 0 aliphatic rings. The fraction of sp³-hybridized carbons (Fsp3) is 0.462. The number of hydrogen-bond acceptors (Lipinski definition) is 3. The molecule has 17 heavy (non-hydrogen) atoms. The second kappa shape index (κ2) is 7.30. The molecule has 0 saturated heterocycles. The normalized spacial score (nSPS) is 10.3. The predicted octanol–water partition coefficient (Wildman–Crippen LogP) is 2.81. The highest BCUT2D eigenvalue weighted by Gasteiger charge is 2.01. The number of nitrogens with one attached hydrogen (secondary N) is 1. The van der Waals surface area contributed by atoms with E-state index in [1.165, 1.54) is 0 Å². The first-order chi connectivity index (χ1) is 8.13. The number of benzene rings is 1. The van der Waals surface area contributed by atoms with Gasteiger partial charge in [0, 0.05) is 13.0 Å². The first-order valence-corrected chi connectivity index (χ1v) is 6.04. The number of carbonyl (C=O) groups is 1. The van der Waals surface area contributed by atoms with Crippen LogP contribution in [-0.4, -0.2) is 19.4 Å². The van der Waals surface area contributed by atoms with Gasteiger partial charge in [0.25, 0.3) is 0 Å². The average molecular weight is 256 g/mol. The van der Waals surface area contributed by atoms with Crippen LogP contribution in [0.25, 0.3) is 0 Å². The fourth-order valence-electron chi connectivity index (χ4n) is 1.51. The minimum absolute atomic E-state index is 0.235. The third-order valence-corrected chi connectivity index (χ3v) is 2.72. The molecule has 1 N–H and O–H groups in total. The summed E-state index contributed by atoms with van der Waals surface area (Å²) in [4.78, 5) is 10.7. The van der Waals surface area contributed by atoms with Gasteiger partial charge in [0.1, 0.15) is 11.5 Å². The van der Waals surface area contributed by atoms with E-state index in [9.17, 15) is 4.79 Å². The topological polar surface area (TPSA) is 38.3 Å². The number of halogens is 1. The van der Waals surface area contributed by atoms with Gasteiger partial charge in [-0.25, -0.2) is 0 Å². The van der Waals surface area contributed by atoms with E-state index >= 15 is 0 Å². The Labute approximate surface area is 107 Å². The molecule has 0 saturated carbocycles. The van der Waals surface area contributed by atoms with Crippen LogP contribution in [0.4, 0.5) is 0 Å². The van der Waals surface area contributed by atoms with Crippen molar-refractivity contribution in [3.8, 4) is 5.75 Å². The highest BCUT2D eigenvalue weighted by Crippen LogP contribution is 2.24. The van der Waals surface area contributed by atoms with Gasteiger partial charge in [-0.15, -0.1) is 0 Å². The number of ether oxygens (including phenoxy) is 1. The molecule has 1 rings (SSSR count). The molecule has 0 amide bonds. The summed E-state index contributed by atoms with van der Waals surface area (Å²) in [7, 11) is 1.60. The summed E-state index contributed by atoms with van der Waals surface area (Å²) >= 11 is 6.01. The van der Waals surface area contributed by atoms with Gasteiger partial charge >= 0.3 is 0 Å². The molecule has 4 heteroatoms. The number of carbonyl (C=O) groups excluding carboxylic acids is 1. The number of ketones is 1. The Bertz CT molecular complexity index is 380. The van der Waals surface area contributed by atoms with Crippen molar-refractivity contribution in [1.82, 2.24) is 5.32 Å². The first-order valence-electron chi connectivity index (χ1n) is 5.66. The van der Waals surface area contributed by atoms with E-state index in [1.54, 1.807) is 14.0 Å². The van der Waals surface area contributed by atoms with E-state index in [-0.39, 0.29) is 5.78 Å². The van der Waals surface area contributed by atoms with Gasteiger partial charge in [0.15, 0.2) is 0 Å². The first kappa shape index (κ1) is 14.0. The van der Waals surface area contributed by atoms with Crippen LogP contribution in [0.5, 0.6) is 5.75 Å². The SMILES string of the molecule is COc1ccc(CNCCCC(C)=O)cc1Cl. The molecule has 0 aliphatic carbocycles. The van der Waals surface area contributed by atoms with Gasteiger partial charge in [-0.2, -0.15) is 0 Å². The van der Waals surface area contributed by atoms with Crippen molar-refractivity contribution in [2.45, 2.75) is 26.3 Å². The molecule has 0 spiro atoms. The Kier molecular flexibility index (Phi) is 6.01. The summed E-state index contributed by atoms with van der Waals surface area (Å²) in [5.41, 5.74) is 1.11.